The van der Waals surface area contributed by atoms with Crippen LogP contribution in [0.2, 0.25) is 0 Å². The quantitative estimate of drug-likeness (QED) is 0.905. The largest absolute Gasteiger partial charge is 0.374 e. The Kier molecular flexibility index (Phi) is 4.40. The number of pyridine rings is 1. The number of nitrogens with one attached hydrogen (secondary N) is 1. The van der Waals surface area contributed by atoms with Crippen LogP contribution in [0.5, 0.6) is 0 Å². The van der Waals surface area contributed by atoms with Crippen molar-refractivity contribution in [2.45, 2.75) is 37.8 Å². The van der Waals surface area contributed by atoms with Crippen molar-refractivity contribution in [3.63, 3.8) is 0 Å². The summed E-state index contributed by atoms with van der Waals surface area (Å²) in [7, 11) is 0. The zero-order valence-corrected chi connectivity index (χ0v) is 14.0. The van der Waals surface area contributed by atoms with Crippen LogP contribution in [0, 0.1) is 0 Å². The number of nitrogens with zero attached hydrogens (tertiary/aromatic N) is 4. The number of morpholine rings is 1. The third-order valence-electron chi connectivity index (χ3n) is 4.52. The first-order valence-electron chi connectivity index (χ1n) is 8.25. The van der Waals surface area contributed by atoms with Gasteiger partial charge in [-0.05, 0) is 25.0 Å². The van der Waals surface area contributed by atoms with Crippen molar-refractivity contribution in [2.75, 3.05) is 18.5 Å². The number of anilines is 1. The molecular formula is C16H19N5O2S. The highest BCUT2D eigenvalue weighted by molar-refractivity contribution is 7.18. The molecule has 4 rings (SSSR count). The van der Waals surface area contributed by atoms with Gasteiger partial charge in [0.2, 0.25) is 5.13 Å². The standard InChI is InChI=1S/C16H19N5O2S/c22-16(21-9-10-23-13-7-2-1-6-12(13)21)18-15-20-19-14(24-15)11-5-3-4-8-17-11/h3-5,8,12-13H,1-2,6-7,9-10H2,(H,18,20,22). The maximum absolute atomic E-state index is 12.7. The van der Waals surface area contributed by atoms with E-state index in [2.05, 4.69) is 20.5 Å². The molecular weight excluding hydrogens is 326 g/mol. The average molecular weight is 345 g/mol. The second-order valence-electron chi connectivity index (χ2n) is 6.01. The van der Waals surface area contributed by atoms with E-state index in [4.69, 9.17) is 4.74 Å². The number of aromatic nitrogens is 3. The van der Waals surface area contributed by atoms with E-state index in [0.29, 0.717) is 23.3 Å². The minimum Gasteiger partial charge on any atom is -0.374 e. The van der Waals surface area contributed by atoms with Crippen molar-refractivity contribution in [3.05, 3.63) is 24.4 Å². The Bertz CT molecular complexity index is 706. The number of rotatable bonds is 2. The van der Waals surface area contributed by atoms with Gasteiger partial charge in [-0.3, -0.25) is 10.3 Å². The first-order valence-corrected chi connectivity index (χ1v) is 9.07. The van der Waals surface area contributed by atoms with Gasteiger partial charge in [-0.25, -0.2) is 4.79 Å². The Balaban J connectivity index is 1.45. The molecule has 2 unspecified atom stereocenters. The molecule has 126 valence electrons. The monoisotopic (exact) mass is 345 g/mol. The number of hydrogen-bond donors (Lipinski definition) is 1. The van der Waals surface area contributed by atoms with E-state index in [1.165, 1.54) is 17.8 Å². The van der Waals surface area contributed by atoms with Crippen LogP contribution in [0.1, 0.15) is 25.7 Å². The summed E-state index contributed by atoms with van der Waals surface area (Å²) in [5.74, 6) is 0. The smallest absolute Gasteiger partial charge is 0.324 e. The number of carbonyl (C=O) groups is 1. The molecule has 1 saturated carbocycles. The number of amides is 2. The van der Waals surface area contributed by atoms with Crippen LogP contribution >= 0.6 is 11.3 Å². The third-order valence-corrected chi connectivity index (χ3v) is 5.38. The van der Waals surface area contributed by atoms with Gasteiger partial charge < -0.3 is 9.64 Å². The minimum absolute atomic E-state index is 0.112. The van der Waals surface area contributed by atoms with Gasteiger partial charge in [-0.2, -0.15) is 0 Å². The Morgan fingerprint density at radius 2 is 2.21 bits per heavy atom. The molecule has 0 bridgehead atoms. The van der Waals surface area contributed by atoms with E-state index in [0.717, 1.165) is 25.0 Å². The Labute approximate surface area is 144 Å². The zero-order chi connectivity index (χ0) is 16.4. The first kappa shape index (κ1) is 15.5. The lowest BCUT2D eigenvalue weighted by Crippen LogP contribution is -2.55. The highest BCUT2D eigenvalue weighted by Crippen LogP contribution is 2.30. The molecule has 24 heavy (non-hydrogen) atoms. The molecule has 2 atom stereocenters. The van der Waals surface area contributed by atoms with Crippen LogP contribution < -0.4 is 5.32 Å². The molecule has 2 aromatic heterocycles. The summed E-state index contributed by atoms with van der Waals surface area (Å²) in [6.07, 6.45) is 6.27. The fourth-order valence-corrected chi connectivity index (χ4v) is 4.09. The SMILES string of the molecule is O=C(Nc1nnc(-c2ccccn2)s1)N1CCOC2CCCCC21. The van der Waals surface area contributed by atoms with Crippen LogP contribution in [0.3, 0.4) is 0 Å². The predicted octanol–water partition coefficient (Wildman–Crippen LogP) is 2.78. The van der Waals surface area contributed by atoms with E-state index < -0.39 is 0 Å². The van der Waals surface area contributed by atoms with Crippen molar-refractivity contribution in [1.29, 1.82) is 0 Å². The second-order valence-corrected chi connectivity index (χ2v) is 6.99. The number of fused-ring (bicyclic) bond motifs is 1. The molecule has 1 aliphatic heterocycles. The number of carbonyl (C=O) groups excluding carboxylic acids is 1. The Morgan fingerprint density at radius 3 is 3.08 bits per heavy atom. The van der Waals surface area contributed by atoms with E-state index in [1.54, 1.807) is 6.20 Å². The second kappa shape index (κ2) is 6.82. The maximum atomic E-state index is 12.7. The van der Waals surface area contributed by atoms with Crippen LogP contribution in [0.15, 0.2) is 24.4 Å². The van der Waals surface area contributed by atoms with Crippen molar-refractivity contribution >= 4 is 22.5 Å². The summed E-state index contributed by atoms with van der Waals surface area (Å²) < 4.78 is 5.82. The summed E-state index contributed by atoms with van der Waals surface area (Å²) in [5.41, 5.74) is 0.759. The van der Waals surface area contributed by atoms with Crippen molar-refractivity contribution in [3.8, 4) is 10.7 Å². The Morgan fingerprint density at radius 1 is 1.29 bits per heavy atom. The molecule has 2 aliphatic rings. The molecule has 0 radical (unpaired) electrons. The molecule has 1 N–H and O–H groups in total. The lowest BCUT2D eigenvalue weighted by molar-refractivity contribution is -0.0694. The van der Waals surface area contributed by atoms with Crippen molar-refractivity contribution < 1.29 is 9.53 Å². The van der Waals surface area contributed by atoms with Crippen molar-refractivity contribution in [2.24, 2.45) is 0 Å². The molecule has 1 saturated heterocycles. The van der Waals surface area contributed by atoms with Gasteiger partial charge in [0.05, 0.1) is 18.8 Å². The van der Waals surface area contributed by atoms with E-state index in [9.17, 15) is 4.79 Å². The third kappa shape index (κ3) is 3.11. The maximum Gasteiger partial charge on any atom is 0.324 e. The summed E-state index contributed by atoms with van der Waals surface area (Å²) in [6.45, 7) is 1.22. The topological polar surface area (TPSA) is 80.2 Å². The first-order chi connectivity index (χ1) is 11.8. The van der Waals surface area contributed by atoms with E-state index in [-0.39, 0.29) is 18.2 Å². The summed E-state index contributed by atoms with van der Waals surface area (Å²) in [5, 5.41) is 12.3. The van der Waals surface area contributed by atoms with Gasteiger partial charge >= 0.3 is 6.03 Å². The molecule has 0 aromatic carbocycles. The zero-order valence-electron chi connectivity index (χ0n) is 13.2. The summed E-state index contributed by atoms with van der Waals surface area (Å²) in [4.78, 5) is 18.8. The number of ether oxygens (including phenoxy) is 1. The van der Waals surface area contributed by atoms with Gasteiger partial charge in [-0.15, -0.1) is 10.2 Å². The molecule has 0 spiro atoms. The lowest BCUT2D eigenvalue weighted by Gasteiger charge is -2.43. The van der Waals surface area contributed by atoms with Crippen LogP contribution in [-0.2, 0) is 4.74 Å². The van der Waals surface area contributed by atoms with Crippen LogP contribution in [0.25, 0.3) is 10.7 Å². The van der Waals surface area contributed by atoms with Gasteiger partial charge in [0.25, 0.3) is 0 Å². The molecule has 1 aliphatic carbocycles. The molecule has 7 nitrogen and oxygen atoms in total. The lowest BCUT2D eigenvalue weighted by atomic mass is 9.90. The highest BCUT2D eigenvalue weighted by atomic mass is 32.1. The fourth-order valence-electron chi connectivity index (χ4n) is 3.38. The minimum atomic E-state index is -0.112. The van der Waals surface area contributed by atoms with Crippen LogP contribution in [0.4, 0.5) is 9.93 Å². The van der Waals surface area contributed by atoms with E-state index >= 15 is 0 Å². The molecule has 2 amide bonds. The highest BCUT2D eigenvalue weighted by Gasteiger charge is 2.36. The van der Waals surface area contributed by atoms with Gasteiger partial charge in [0.1, 0.15) is 5.69 Å². The number of hydrogen-bond acceptors (Lipinski definition) is 6. The average Bonchev–Trinajstić information content (AvgIpc) is 3.10. The summed E-state index contributed by atoms with van der Waals surface area (Å²) >= 11 is 1.33. The van der Waals surface area contributed by atoms with E-state index in [1.807, 2.05) is 23.1 Å². The predicted molar refractivity (Wildman–Crippen MR) is 90.9 cm³/mol. The van der Waals surface area contributed by atoms with Gasteiger partial charge in [0, 0.05) is 12.7 Å². The molecule has 2 aromatic rings. The number of urea groups is 1. The van der Waals surface area contributed by atoms with Crippen molar-refractivity contribution in [1.82, 2.24) is 20.1 Å². The molecule has 3 heterocycles. The summed E-state index contributed by atoms with van der Waals surface area (Å²) in [6, 6.07) is 5.70. The van der Waals surface area contributed by atoms with Crippen LogP contribution in [-0.4, -0.2) is 51.4 Å². The Hall–Kier alpha value is -2.06. The fraction of sp³-hybridized carbons (Fsp3) is 0.500. The van der Waals surface area contributed by atoms with Gasteiger partial charge in [0.15, 0.2) is 5.01 Å². The van der Waals surface area contributed by atoms with Gasteiger partial charge in [-0.1, -0.05) is 30.2 Å². The normalized spacial score (nSPS) is 23.6. The molecule has 8 heteroatoms. The molecule has 2 fully saturated rings.